The van der Waals surface area contributed by atoms with Gasteiger partial charge in [-0.25, -0.2) is 4.39 Å². The summed E-state index contributed by atoms with van der Waals surface area (Å²) < 4.78 is 13.3. The van der Waals surface area contributed by atoms with Crippen molar-refractivity contribution in [1.29, 1.82) is 0 Å². The zero-order valence-electron chi connectivity index (χ0n) is 13.0. The molecule has 3 nitrogen and oxygen atoms in total. The minimum Gasteiger partial charge on any atom is -0.266 e. The quantitative estimate of drug-likeness (QED) is 0.449. The highest BCUT2D eigenvalue weighted by molar-refractivity contribution is 8.26. The van der Waals surface area contributed by atoms with Crippen LogP contribution in [0.25, 0.3) is 6.08 Å². The third-order valence-electron chi connectivity index (χ3n) is 3.30. The second-order valence-corrected chi connectivity index (χ2v) is 6.76. The Morgan fingerprint density at radius 1 is 1.04 bits per heavy atom. The number of thioether (sulfide) groups is 1. The summed E-state index contributed by atoms with van der Waals surface area (Å²) in [6.45, 7) is 0. The maximum Gasteiger partial charge on any atom is 0.286 e. The number of allylic oxidation sites excluding steroid dienone is 2. The Kier molecular flexibility index (Phi) is 5.53. The zero-order valence-corrected chi connectivity index (χ0v) is 14.6. The van der Waals surface area contributed by atoms with E-state index in [1.807, 2.05) is 42.5 Å². The van der Waals surface area contributed by atoms with Gasteiger partial charge in [-0.1, -0.05) is 66.4 Å². The minimum absolute atomic E-state index is 0.272. The Labute approximate surface area is 154 Å². The molecule has 1 heterocycles. The number of benzene rings is 2. The van der Waals surface area contributed by atoms with E-state index in [1.165, 1.54) is 35.1 Å². The van der Waals surface area contributed by atoms with Crippen molar-refractivity contribution in [2.24, 2.45) is 5.10 Å². The first-order valence-corrected chi connectivity index (χ1v) is 8.65. The van der Waals surface area contributed by atoms with Crippen LogP contribution in [0.15, 0.2) is 76.8 Å². The number of amides is 1. The van der Waals surface area contributed by atoms with E-state index in [0.717, 1.165) is 5.56 Å². The van der Waals surface area contributed by atoms with Crippen LogP contribution in [0.4, 0.5) is 4.39 Å². The van der Waals surface area contributed by atoms with Crippen LogP contribution < -0.4 is 0 Å². The van der Waals surface area contributed by atoms with Gasteiger partial charge < -0.3 is 0 Å². The van der Waals surface area contributed by atoms with Gasteiger partial charge in [-0.15, -0.1) is 0 Å². The van der Waals surface area contributed by atoms with E-state index in [-0.39, 0.29) is 11.7 Å². The van der Waals surface area contributed by atoms with Gasteiger partial charge in [0.25, 0.3) is 5.91 Å². The van der Waals surface area contributed by atoms with Gasteiger partial charge in [0.2, 0.25) is 0 Å². The predicted octanol–water partition coefficient (Wildman–Crippen LogP) is 4.62. The fourth-order valence-electron chi connectivity index (χ4n) is 2.06. The molecule has 0 aromatic heterocycles. The minimum atomic E-state index is -0.323. The summed E-state index contributed by atoms with van der Waals surface area (Å²) in [7, 11) is 0. The molecule has 1 amide bonds. The number of halogens is 1. The third-order valence-corrected chi connectivity index (χ3v) is 4.60. The summed E-state index contributed by atoms with van der Waals surface area (Å²) in [5, 5.41) is 5.28. The molecule has 6 heteroatoms. The number of thiocarbonyl (C=S) groups is 1. The van der Waals surface area contributed by atoms with Gasteiger partial charge >= 0.3 is 0 Å². The molecule has 0 saturated carbocycles. The average Bonchev–Trinajstić information content (AvgIpc) is 2.89. The maximum atomic E-state index is 12.9. The van der Waals surface area contributed by atoms with Gasteiger partial charge in [-0.3, -0.25) is 4.79 Å². The second kappa shape index (κ2) is 8.00. The lowest BCUT2D eigenvalue weighted by atomic mass is 10.2. The number of nitrogens with zero attached hydrogens (tertiary/aromatic N) is 2. The molecule has 0 atom stereocenters. The van der Waals surface area contributed by atoms with E-state index in [1.54, 1.807) is 18.2 Å². The molecule has 2 aromatic rings. The van der Waals surface area contributed by atoms with Crippen molar-refractivity contribution in [3.8, 4) is 0 Å². The lowest BCUT2D eigenvalue weighted by Gasteiger charge is -2.05. The molecule has 1 fully saturated rings. The first-order valence-electron chi connectivity index (χ1n) is 7.43. The standard InChI is InChI=1S/C19H13FN2OS2/c20-16-11-9-15(10-12-16)13-21-22-18(23)17(25-19(22)24)8-4-7-14-5-2-1-3-6-14/h1-13H/b7-4-,17-8+,21-13+. The summed E-state index contributed by atoms with van der Waals surface area (Å²) >= 11 is 6.40. The molecule has 3 rings (SSSR count). The number of rotatable bonds is 4. The van der Waals surface area contributed by atoms with Crippen molar-refractivity contribution in [1.82, 2.24) is 5.01 Å². The highest BCUT2D eigenvalue weighted by atomic mass is 32.2. The Hall–Kier alpha value is -2.57. The fourth-order valence-corrected chi connectivity index (χ4v) is 3.18. The lowest BCUT2D eigenvalue weighted by molar-refractivity contribution is -0.122. The molecule has 2 aromatic carbocycles. The summed E-state index contributed by atoms with van der Waals surface area (Å²) in [6.07, 6.45) is 6.92. The Morgan fingerprint density at radius 2 is 1.76 bits per heavy atom. The average molecular weight is 368 g/mol. The Bertz CT molecular complexity index is 874. The summed E-state index contributed by atoms with van der Waals surface area (Å²) in [5.74, 6) is -0.595. The van der Waals surface area contributed by atoms with Crippen LogP contribution in [-0.4, -0.2) is 21.5 Å². The molecule has 124 valence electrons. The Morgan fingerprint density at radius 3 is 2.48 bits per heavy atom. The number of carbonyl (C=O) groups excluding carboxylic acids is 1. The molecule has 0 bridgehead atoms. The normalized spacial score (nSPS) is 16.7. The molecule has 25 heavy (non-hydrogen) atoms. The monoisotopic (exact) mass is 368 g/mol. The third kappa shape index (κ3) is 4.49. The zero-order chi connectivity index (χ0) is 17.6. The van der Waals surface area contributed by atoms with Crippen LogP contribution in [0.1, 0.15) is 11.1 Å². The number of hydrogen-bond donors (Lipinski definition) is 0. The van der Waals surface area contributed by atoms with Crippen molar-refractivity contribution in [2.75, 3.05) is 0 Å². The first kappa shape index (κ1) is 17.3. The molecule has 0 spiro atoms. The summed E-state index contributed by atoms with van der Waals surface area (Å²) in [5.41, 5.74) is 1.73. The highest BCUT2D eigenvalue weighted by Gasteiger charge is 2.31. The molecule has 0 N–H and O–H groups in total. The van der Waals surface area contributed by atoms with Crippen LogP contribution in [0.3, 0.4) is 0 Å². The van der Waals surface area contributed by atoms with Crippen molar-refractivity contribution >= 4 is 46.5 Å². The molecule has 1 aliphatic rings. The number of hydrazone groups is 1. The van der Waals surface area contributed by atoms with E-state index < -0.39 is 0 Å². The maximum absolute atomic E-state index is 12.9. The molecule has 1 aliphatic heterocycles. The largest absolute Gasteiger partial charge is 0.286 e. The number of hydrogen-bond acceptors (Lipinski definition) is 4. The molecule has 0 radical (unpaired) electrons. The van der Waals surface area contributed by atoms with E-state index >= 15 is 0 Å². The van der Waals surface area contributed by atoms with Crippen molar-refractivity contribution in [3.05, 3.63) is 88.6 Å². The van der Waals surface area contributed by atoms with Gasteiger partial charge in [-0.05, 0) is 41.6 Å². The van der Waals surface area contributed by atoms with Crippen molar-refractivity contribution < 1.29 is 9.18 Å². The number of carbonyl (C=O) groups is 1. The van der Waals surface area contributed by atoms with Crippen molar-refractivity contribution in [2.45, 2.75) is 0 Å². The van der Waals surface area contributed by atoms with E-state index in [9.17, 15) is 9.18 Å². The first-order chi connectivity index (χ1) is 12.1. The van der Waals surface area contributed by atoms with Crippen LogP contribution in [-0.2, 0) is 4.79 Å². The van der Waals surface area contributed by atoms with E-state index in [4.69, 9.17) is 12.2 Å². The van der Waals surface area contributed by atoms with Gasteiger partial charge in [0.15, 0.2) is 4.32 Å². The molecule has 0 aliphatic carbocycles. The lowest BCUT2D eigenvalue weighted by Crippen LogP contribution is -2.22. The van der Waals surface area contributed by atoms with Crippen LogP contribution in [0, 0.1) is 5.82 Å². The van der Waals surface area contributed by atoms with Crippen LogP contribution in [0.5, 0.6) is 0 Å². The predicted molar refractivity (Wildman–Crippen MR) is 105 cm³/mol. The highest BCUT2D eigenvalue weighted by Crippen LogP contribution is 2.31. The fraction of sp³-hybridized carbons (Fsp3) is 0. The summed E-state index contributed by atoms with van der Waals surface area (Å²) in [6, 6.07) is 15.6. The van der Waals surface area contributed by atoms with Gasteiger partial charge in [0.1, 0.15) is 5.82 Å². The molecule has 0 unspecified atom stereocenters. The smallest absolute Gasteiger partial charge is 0.266 e. The molecule has 1 saturated heterocycles. The van der Waals surface area contributed by atoms with Gasteiger partial charge in [0, 0.05) is 0 Å². The van der Waals surface area contributed by atoms with Crippen LogP contribution >= 0.6 is 24.0 Å². The molecular weight excluding hydrogens is 355 g/mol. The van der Waals surface area contributed by atoms with Gasteiger partial charge in [0.05, 0.1) is 11.1 Å². The van der Waals surface area contributed by atoms with Gasteiger partial charge in [-0.2, -0.15) is 10.1 Å². The van der Waals surface area contributed by atoms with E-state index in [2.05, 4.69) is 5.10 Å². The van der Waals surface area contributed by atoms with Crippen LogP contribution in [0.2, 0.25) is 0 Å². The molecular formula is C19H13FN2OS2. The van der Waals surface area contributed by atoms with Crippen molar-refractivity contribution in [3.63, 3.8) is 0 Å². The topological polar surface area (TPSA) is 32.7 Å². The summed E-state index contributed by atoms with van der Waals surface area (Å²) in [4.78, 5) is 12.9. The Balaban J connectivity index is 1.70. The van der Waals surface area contributed by atoms with E-state index in [0.29, 0.717) is 14.8 Å². The SMILES string of the molecule is O=C1/C(=C\C=C/c2ccccc2)SC(=S)N1/N=C/c1ccc(F)cc1. The second-order valence-electron chi connectivity index (χ2n) is 5.08.